The number of rotatable bonds is 32. The summed E-state index contributed by atoms with van der Waals surface area (Å²) in [7, 11) is 0. The van der Waals surface area contributed by atoms with E-state index in [1.54, 1.807) is 20.8 Å². The van der Waals surface area contributed by atoms with E-state index in [1.807, 2.05) is 48.5 Å². The maximum absolute atomic E-state index is 14.5. The van der Waals surface area contributed by atoms with E-state index in [0.717, 1.165) is 0 Å². The number of nitrogens with one attached hydrogen (secondary N) is 9. The van der Waals surface area contributed by atoms with Crippen LogP contribution in [0.3, 0.4) is 0 Å². The second-order valence-electron chi connectivity index (χ2n) is 25.9. The molecular formula is C58H102N12O13. The van der Waals surface area contributed by atoms with E-state index in [2.05, 4.69) is 47.9 Å². The van der Waals surface area contributed by atoms with Crippen LogP contribution in [-0.2, 0) is 57.5 Å². The van der Waals surface area contributed by atoms with E-state index in [-0.39, 0.29) is 75.5 Å². The topological polar surface area (TPSA) is 366 Å². The Labute approximate surface area is 491 Å². The van der Waals surface area contributed by atoms with Gasteiger partial charge in [0.1, 0.15) is 58.9 Å². The van der Waals surface area contributed by atoms with Crippen molar-refractivity contribution >= 4 is 70.9 Å². The van der Waals surface area contributed by atoms with Crippen molar-refractivity contribution in [3.05, 3.63) is 0 Å². The fourth-order valence-electron chi connectivity index (χ4n) is 10.3. The summed E-state index contributed by atoms with van der Waals surface area (Å²) < 4.78 is 0. The molecule has 0 spiro atoms. The molecule has 2 fully saturated rings. The summed E-state index contributed by atoms with van der Waals surface area (Å²) in [5, 5.41) is 34.4. The molecule has 2 aliphatic heterocycles. The zero-order valence-corrected chi connectivity index (χ0v) is 52.5. The van der Waals surface area contributed by atoms with Gasteiger partial charge in [-0.1, -0.05) is 75.7 Å². The first-order valence-electron chi connectivity index (χ1n) is 29.6. The van der Waals surface area contributed by atoms with Crippen molar-refractivity contribution in [1.29, 1.82) is 0 Å². The number of nitrogens with two attached hydrogens (primary N) is 1. The van der Waals surface area contributed by atoms with Crippen molar-refractivity contribution in [1.82, 2.24) is 57.7 Å². The largest absolute Gasteiger partial charge is 0.394 e. The van der Waals surface area contributed by atoms with Gasteiger partial charge < -0.3 is 68.5 Å². The van der Waals surface area contributed by atoms with Crippen LogP contribution in [0.25, 0.3) is 0 Å². The molecule has 12 amide bonds. The van der Waals surface area contributed by atoms with Gasteiger partial charge in [0.15, 0.2) is 0 Å². The van der Waals surface area contributed by atoms with Crippen molar-refractivity contribution in [3.63, 3.8) is 0 Å². The van der Waals surface area contributed by atoms with Crippen LogP contribution in [0.15, 0.2) is 0 Å². The minimum Gasteiger partial charge on any atom is -0.394 e. The maximum Gasteiger partial charge on any atom is 0.248 e. The second-order valence-corrected chi connectivity index (χ2v) is 25.9. The summed E-state index contributed by atoms with van der Waals surface area (Å²) >= 11 is 0. The van der Waals surface area contributed by atoms with Crippen LogP contribution >= 0.6 is 0 Å². The predicted octanol–water partition coefficient (Wildman–Crippen LogP) is 0.680. The number of primary amides is 1. The highest BCUT2D eigenvalue weighted by Crippen LogP contribution is 2.25. The third kappa shape index (κ3) is 22.3. The van der Waals surface area contributed by atoms with Crippen LogP contribution in [0.2, 0.25) is 0 Å². The van der Waals surface area contributed by atoms with E-state index < -0.39 is 142 Å². The molecule has 2 saturated heterocycles. The molecule has 12 N–H and O–H groups in total. The summed E-state index contributed by atoms with van der Waals surface area (Å²) in [6.45, 7) is 28.4. The van der Waals surface area contributed by atoms with Gasteiger partial charge in [0.25, 0.3) is 0 Å². The number of likely N-dealkylation sites (tertiary alicyclic amines) is 2. The number of carbonyl (C=O) groups excluding carboxylic acids is 12. The third-order valence-electron chi connectivity index (χ3n) is 15.0. The Morgan fingerprint density at radius 2 is 0.976 bits per heavy atom. The van der Waals surface area contributed by atoms with Crippen LogP contribution < -0.4 is 53.6 Å². The molecule has 0 bridgehead atoms. The lowest BCUT2D eigenvalue weighted by Gasteiger charge is -2.36. The van der Waals surface area contributed by atoms with Crippen molar-refractivity contribution in [2.24, 2.45) is 35.3 Å². The SMILES string of the molecule is CC[C@H](C)[C@H](NC(=O)[C@H](CC(C)C)NC(=O)[C@@H]1CCCN1C(=O)C(C)(C)NC(=O)[C@H](CC(C)C)NC(=O)[C@@H](NC(=O)[C@H](CCC(N)=O)NC(=O)C(C)(C)NC(C)=O)C(C)C)C(=O)NC(C)(C)C(=O)N1CCC[C@H]1C(=O)N[C@H](CO)CC(C)C. The van der Waals surface area contributed by atoms with Gasteiger partial charge in [-0.2, -0.15) is 0 Å². The average Bonchev–Trinajstić information content (AvgIpc) is 4.33. The minimum atomic E-state index is -1.65. The van der Waals surface area contributed by atoms with Crippen molar-refractivity contribution in [2.75, 3.05) is 19.7 Å². The van der Waals surface area contributed by atoms with E-state index in [9.17, 15) is 62.6 Å². The molecule has 0 saturated carbocycles. The molecule has 0 radical (unpaired) electrons. The molecule has 25 nitrogen and oxygen atoms in total. The zero-order chi connectivity index (χ0) is 63.6. The first-order valence-corrected chi connectivity index (χ1v) is 29.6. The van der Waals surface area contributed by atoms with Gasteiger partial charge in [0, 0.05) is 26.4 Å². The van der Waals surface area contributed by atoms with Crippen LogP contribution in [0, 0.1) is 29.6 Å². The van der Waals surface area contributed by atoms with Crippen molar-refractivity contribution in [3.8, 4) is 0 Å². The van der Waals surface area contributed by atoms with Crippen LogP contribution in [0.5, 0.6) is 0 Å². The van der Waals surface area contributed by atoms with Crippen LogP contribution in [-0.4, -0.2) is 170 Å². The monoisotopic (exact) mass is 1170 g/mol. The Kier molecular flexibility index (Phi) is 28.1. The number of hydrogen-bond donors (Lipinski definition) is 11. The molecule has 0 aromatic carbocycles. The molecule has 0 aliphatic carbocycles. The van der Waals surface area contributed by atoms with Gasteiger partial charge in [-0.05, 0) is 122 Å². The molecule has 9 atom stereocenters. The Morgan fingerprint density at radius 1 is 0.530 bits per heavy atom. The number of hydrogen-bond acceptors (Lipinski definition) is 13. The number of amides is 12. The number of aliphatic hydroxyl groups excluding tert-OH is 1. The van der Waals surface area contributed by atoms with Gasteiger partial charge in [-0.15, -0.1) is 0 Å². The summed E-state index contributed by atoms with van der Waals surface area (Å²) in [6, 6.07) is -8.50. The predicted molar refractivity (Wildman–Crippen MR) is 312 cm³/mol. The Hall–Kier alpha value is -6.40. The second kappa shape index (κ2) is 32.0. The summed E-state index contributed by atoms with van der Waals surface area (Å²) in [5.74, 6) is -8.85. The smallest absolute Gasteiger partial charge is 0.248 e. The zero-order valence-electron chi connectivity index (χ0n) is 52.5. The molecule has 0 aromatic heterocycles. The molecule has 0 unspecified atom stereocenters. The Balaban J connectivity index is 2.30. The van der Waals surface area contributed by atoms with E-state index in [0.29, 0.717) is 32.1 Å². The molecular weight excluding hydrogens is 1070 g/mol. The molecule has 2 heterocycles. The lowest BCUT2D eigenvalue weighted by atomic mass is 9.94. The summed E-state index contributed by atoms with van der Waals surface area (Å²) in [5.41, 5.74) is 0.743. The van der Waals surface area contributed by atoms with Crippen LogP contribution in [0.1, 0.15) is 182 Å². The van der Waals surface area contributed by atoms with Gasteiger partial charge in [-0.3, -0.25) is 57.5 Å². The van der Waals surface area contributed by atoms with Gasteiger partial charge in [0.2, 0.25) is 70.9 Å². The molecule has 472 valence electrons. The van der Waals surface area contributed by atoms with Gasteiger partial charge in [0.05, 0.1) is 12.6 Å². The van der Waals surface area contributed by atoms with Crippen molar-refractivity contribution < 1.29 is 62.6 Å². The third-order valence-corrected chi connectivity index (χ3v) is 15.0. The van der Waals surface area contributed by atoms with E-state index in [4.69, 9.17) is 5.73 Å². The van der Waals surface area contributed by atoms with E-state index in [1.165, 1.54) is 58.3 Å². The highest BCUT2D eigenvalue weighted by Gasteiger charge is 2.46. The lowest BCUT2D eigenvalue weighted by molar-refractivity contribution is -0.146. The van der Waals surface area contributed by atoms with E-state index >= 15 is 0 Å². The van der Waals surface area contributed by atoms with Crippen molar-refractivity contribution in [2.45, 2.75) is 247 Å². The highest BCUT2D eigenvalue weighted by atomic mass is 16.3. The fraction of sp³-hybridized carbons (Fsp3) is 0.793. The number of carbonyl (C=O) groups is 12. The molecule has 2 aliphatic rings. The number of nitrogens with zero attached hydrogens (tertiary/aromatic N) is 2. The Bertz CT molecular complexity index is 2320. The lowest BCUT2D eigenvalue weighted by Crippen LogP contribution is -2.64. The minimum absolute atomic E-state index is 0.102. The maximum atomic E-state index is 14.5. The first-order chi connectivity index (χ1) is 38.3. The van der Waals surface area contributed by atoms with Crippen LogP contribution in [0.4, 0.5) is 0 Å². The van der Waals surface area contributed by atoms with Gasteiger partial charge in [-0.25, -0.2) is 0 Å². The molecule has 25 heteroatoms. The molecule has 83 heavy (non-hydrogen) atoms. The summed E-state index contributed by atoms with van der Waals surface area (Å²) in [4.78, 5) is 167. The molecule has 0 aromatic rings. The fourth-order valence-corrected chi connectivity index (χ4v) is 10.3. The summed E-state index contributed by atoms with van der Waals surface area (Å²) in [6.07, 6.45) is 2.33. The first kappa shape index (κ1) is 72.7. The highest BCUT2D eigenvalue weighted by molar-refractivity contribution is 6.01. The normalized spacial score (nSPS) is 18.2. The molecule has 2 rings (SSSR count). The quantitative estimate of drug-likeness (QED) is 0.0442. The van der Waals surface area contributed by atoms with Gasteiger partial charge >= 0.3 is 0 Å². The average molecular weight is 1180 g/mol. The standard InChI is InChI=1S/C58H102N12O13/c1-18-35(10)45(52(80)68-58(16,17)55(83)69-25-19-21-41(69)49(77)60-37(30-71)27-31(2)3)65-47(75)39(28-32(4)5)61-50(78)42-22-20-26-70(42)54(82)57(14,15)67-48(76)40(29-33(6)7)62-51(79)44(34(8)9)64-46(74)38(23-24-43(59)73)63-53(81)56(12,13)66-36(11)72/h31-35,37-42,44-45,71H,18-30H2,1-17H3,(H2,59,73)(H,60,77)(H,61,78)(H,62,79)(H,63,81)(H,64,74)(H,65,75)(H,66,72)(H,67,76)(H,68,80)/t35-,37-,38-,39-,40-,41-,42-,44-,45-/m0/s1. The number of aliphatic hydroxyl groups is 1. The Morgan fingerprint density at radius 3 is 1.41 bits per heavy atom.